The summed E-state index contributed by atoms with van der Waals surface area (Å²) >= 11 is 0. The quantitative estimate of drug-likeness (QED) is 0.676. The molecule has 0 aromatic rings. The van der Waals surface area contributed by atoms with E-state index in [9.17, 15) is 4.79 Å². The van der Waals surface area contributed by atoms with Crippen molar-refractivity contribution in [3.05, 3.63) is 0 Å². The number of rotatable bonds is 5. The van der Waals surface area contributed by atoms with Gasteiger partial charge in [0.05, 0.1) is 6.07 Å². The molecule has 0 N–H and O–H groups in total. The van der Waals surface area contributed by atoms with Gasteiger partial charge < -0.3 is 4.90 Å². The van der Waals surface area contributed by atoms with Crippen LogP contribution < -0.4 is 0 Å². The zero-order valence-corrected chi connectivity index (χ0v) is 9.58. The second kappa shape index (κ2) is 6.42. The Hall–Kier alpha value is -1.04. The molecule has 0 saturated carbocycles. The van der Waals surface area contributed by atoms with Crippen LogP contribution in [0.15, 0.2) is 0 Å². The molecule has 0 aliphatic carbocycles. The maximum Gasteiger partial charge on any atom is 0.240 e. The summed E-state index contributed by atoms with van der Waals surface area (Å²) in [7, 11) is 0. The van der Waals surface area contributed by atoms with Gasteiger partial charge in [0.25, 0.3) is 0 Å². The van der Waals surface area contributed by atoms with Gasteiger partial charge in [0.1, 0.15) is 5.92 Å². The zero-order valence-electron chi connectivity index (χ0n) is 9.58. The lowest BCUT2D eigenvalue weighted by Crippen LogP contribution is -2.41. The summed E-state index contributed by atoms with van der Waals surface area (Å²) in [4.78, 5) is 13.6. The average Bonchev–Trinajstić information content (AvgIpc) is 2.20. The molecule has 0 radical (unpaired) electrons. The number of hydrogen-bond acceptors (Lipinski definition) is 2. The van der Waals surface area contributed by atoms with Gasteiger partial charge in [0, 0.05) is 12.6 Å². The highest BCUT2D eigenvalue weighted by Crippen LogP contribution is 2.11. The van der Waals surface area contributed by atoms with Crippen LogP contribution in [0.3, 0.4) is 0 Å². The Morgan fingerprint density at radius 3 is 2.21 bits per heavy atom. The summed E-state index contributed by atoms with van der Waals surface area (Å²) in [6.45, 7) is 8.58. The highest BCUT2D eigenvalue weighted by Gasteiger charge is 2.24. The topological polar surface area (TPSA) is 44.1 Å². The minimum atomic E-state index is -0.469. The zero-order chi connectivity index (χ0) is 11.1. The number of nitriles is 1. The van der Waals surface area contributed by atoms with Crippen molar-refractivity contribution in [2.75, 3.05) is 6.54 Å². The van der Waals surface area contributed by atoms with Crippen LogP contribution >= 0.6 is 0 Å². The van der Waals surface area contributed by atoms with Gasteiger partial charge in [-0.15, -0.1) is 0 Å². The van der Waals surface area contributed by atoms with E-state index in [1.54, 1.807) is 4.90 Å². The normalized spacial score (nSPS) is 14.2. The molecule has 2 unspecified atom stereocenters. The molecule has 0 saturated heterocycles. The van der Waals surface area contributed by atoms with Crippen molar-refractivity contribution in [2.45, 2.75) is 46.6 Å². The second-order valence-corrected chi connectivity index (χ2v) is 3.47. The summed E-state index contributed by atoms with van der Waals surface area (Å²) in [5.74, 6) is -0.490. The first-order chi connectivity index (χ1) is 6.62. The van der Waals surface area contributed by atoms with Crippen LogP contribution in [0.1, 0.15) is 40.5 Å². The molecule has 0 rings (SSSR count). The molecule has 0 bridgehead atoms. The second-order valence-electron chi connectivity index (χ2n) is 3.47. The maximum atomic E-state index is 11.8. The predicted octanol–water partition coefficient (Wildman–Crippen LogP) is 2.18. The third kappa shape index (κ3) is 3.02. The van der Waals surface area contributed by atoms with Crippen LogP contribution in [0, 0.1) is 17.2 Å². The molecule has 3 nitrogen and oxygen atoms in total. The number of hydrogen-bond donors (Lipinski definition) is 0. The first-order valence-corrected chi connectivity index (χ1v) is 5.32. The van der Waals surface area contributed by atoms with E-state index < -0.39 is 5.92 Å². The number of carbonyl (C=O) groups is 1. The van der Waals surface area contributed by atoms with Crippen molar-refractivity contribution in [2.24, 2.45) is 5.92 Å². The van der Waals surface area contributed by atoms with Crippen molar-refractivity contribution >= 4 is 5.91 Å². The van der Waals surface area contributed by atoms with E-state index in [1.807, 2.05) is 27.7 Å². The molecular weight excluding hydrogens is 176 g/mol. The fourth-order valence-corrected chi connectivity index (χ4v) is 1.43. The molecule has 0 fully saturated rings. The van der Waals surface area contributed by atoms with Crippen LogP contribution in [0.5, 0.6) is 0 Å². The first-order valence-electron chi connectivity index (χ1n) is 5.32. The summed E-state index contributed by atoms with van der Waals surface area (Å²) in [5, 5.41) is 8.80. The van der Waals surface area contributed by atoms with E-state index in [2.05, 4.69) is 6.07 Å². The Kier molecular flexibility index (Phi) is 5.94. The van der Waals surface area contributed by atoms with Crippen LogP contribution in [-0.4, -0.2) is 23.4 Å². The highest BCUT2D eigenvalue weighted by molar-refractivity contribution is 5.81. The molecule has 0 heterocycles. The third-order valence-electron chi connectivity index (χ3n) is 2.61. The Morgan fingerprint density at radius 1 is 1.36 bits per heavy atom. The summed E-state index contributed by atoms with van der Waals surface area (Å²) in [6, 6.07) is 2.29. The fourth-order valence-electron chi connectivity index (χ4n) is 1.43. The monoisotopic (exact) mass is 196 g/mol. The van der Waals surface area contributed by atoms with E-state index in [1.165, 1.54) is 0 Å². The van der Waals surface area contributed by atoms with Gasteiger partial charge in [-0.2, -0.15) is 5.26 Å². The van der Waals surface area contributed by atoms with Gasteiger partial charge in [-0.1, -0.05) is 13.8 Å². The van der Waals surface area contributed by atoms with E-state index >= 15 is 0 Å². The van der Waals surface area contributed by atoms with Crippen LogP contribution in [0.4, 0.5) is 0 Å². The molecule has 14 heavy (non-hydrogen) atoms. The van der Waals surface area contributed by atoms with E-state index in [0.717, 1.165) is 6.42 Å². The van der Waals surface area contributed by atoms with Crippen molar-refractivity contribution in [3.8, 4) is 6.07 Å². The van der Waals surface area contributed by atoms with Crippen LogP contribution in [0.2, 0.25) is 0 Å². The molecule has 0 aliphatic rings. The van der Waals surface area contributed by atoms with E-state index in [-0.39, 0.29) is 11.9 Å². The van der Waals surface area contributed by atoms with Crippen molar-refractivity contribution < 1.29 is 4.79 Å². The predicted molar refractivity (Wildman–Crippen MR) is 56.5 cm³/mol. The third-order valence-corrected chi connectivity index (χ3v) is 2.61. The van der Waals surface area contributed by atoms with E-state index in [0.29, 0.717) is 13.0 Å². The Labute approximate surface area is 86.7 Å². The maximum absolute atomic E-state index is 11.8. The minimum Gasteiger partial charge on any atom is -0.339 e. The van der Waals surface area contributed by atoms with Gasteiger partial charge in [-0.25, -0.2) is 0 Å². The largest absolute Gasteiger partial charge is 0.339 e. The minimum absolute atomic E-state index is 0.0214. The lowest BCUT2D eigenvalue weighted by Gasteiger charge is -2.28. The highest BCUT2D eigenvalue weighted by atomic mass is 16.2. The molecule has 0 aromatic carbocycles. The molecule has 2 atom stereocenters. The summed E-state index contributed by atoms with van der Waals surface area (Å²) in [6.07, 6.45) is 1.53. The number of nitrogens with zero attached hydrogens (tertiary/aromatic N) is 2. The lowest BCUT2D eigenvalue weighted by atomic mass is 10.1. The van der Waals surface area contributed by atoms with Crippen molar-refractivity contribution in [1.82, 2.24) is 4.90 Å². The molecule has 80 valence electrons. The molecule has 0 aromatic heterocycles. The fraction of sp³-hybridized carbons (Fsp3) is 0.818. The van der Waals surface area contributed by atoms with Gasteiger partial charge >= 0.3 is 0 Å². The van der Waals surface area contributed by atoms with Gasteiger partial charge in [0.2, 0.25) is 5.91 Å². The molecular formula is C11H20N2O. The SMILES string of the molecule is CCC(C#N)C(=O)N(CC)C(C)CC. The van der Waals surface area contributed by atoms with Crippen molar-refractivity contribution in [3.63, 3.8) is 0 Å². The van der Waals surface area contributed by atoms with Crippen LogP contribution in [-0.2, 0) is 4.79 Å². The first kappa shape index (κ1) is 13.0. The molecule has 0 spiro atoms. The molecule has 0 aliphatic heterocycles. The Morgan fingerprint density at radius 2 is 1.93 bits per heavy atom. The molecule has 3 heteroatoms. The summed E-state index contributed by atoms with van der Waals surface area (Å²) in [5.41, 5.74) is 0. The summed E-state index contributed by atoms with van der Waals surface area (Å²) < 4.78 is 0. The Bertz CT molecular complexity index is 220. The van der Waals surface area contributed by atoms with Crippen LogP contribution in [0.25, 0.3) is 0 Å². The van der Waals surface area contributed by atoms with Crippen molar-refractivity contribution in [1.29, 1.82) is 5.26 Å². The van der Waals surface area contributed by atoms with E-state index in [4.69, 9.17) is 5.26 Å². The van der Waals surface area contributed by atoms with Gasteiger partial charge in [-0.3, -0.25) is 4.79 Å². The number of carbonyl (C=O) groups excluding carboxylic acids is 1. The van der Waals surface area contributed by atoms with Gasteiger partial charge in [0.15, 0.2) is 0 Å². The average molecular weight is 196 g/mol. The van der Waals surface area contributed by atoms with Gasteiger partial charge in [-0.05, 0) is 26.7 Å². The number of amides is 1. The smallest absolute Gasteiger partial charge is 0.240 e. The molecule has 1 amide bonds. The standard InChI is InChI=1S/C11H20N2O/c1-5-9(4)13(7-3)11(14)10(6-2)8-12/h9-10H,5-7H2,1-4H3. The lowest BCUT2D eigenvalue weighted by molar-refractivity contribution is -0.135. The Balaban J connectivity index is 4.54.